The fourth-order valence-electron chi connectivity index (χ4n) is 4.00. The molecule has 1 saturated heterocycles. The van der Waals surface area contributed by atoms with Gasteiger partial charge in [-0.2, -0.15) is 18.3 Å². The van der Waals surface area contributed by atoms with Crippen molar-refractivity contribution < 1.29 is 22.8 Å². The van der Waals surface area contributed by atoms with E-state index in [4.69, 9.17) is 5.73 Å². The molecule has 1 fully saturated rings. The second-order valence-electron chi connectivity index (χ2n) is 8.40. The van der Waals surface area contributed by atoms with Gasteiger partial charge >= 0.3 is 6.18 Å². The summed E-state index contributed by atoms with van der Waals surface area (Å²) in [5.41, 5.74) is 6.93. The Morgan fingerprint density at radius 1 is 1.27 bits per heavy atom. The number of likely N-dealkylation sites (tertiary alicyclic amines) is 1. The van der Waals surface area contributed by atoms with Gasteiger partial charge in [0, 0.05) is 37.6 Å². The van der Waals surface area contributed by atoms with Crippen LogP contribution in [0.25, 0.3) is 0 Å². The van der Waals surface area contributed by atoms with E-state index >= 15 is 0 Å². The molecule has 0 radical (unpaired) electrons. The molecule has 3 N–H and O–H groups in total. The lowest BCUT2D eigenvalue weighted by Gasteiger charge is -2.33. The smallest absolute Gasteiger partial charge is 0.383 e. The standard InChI is InChI=1S/C21H28F3N7O2/c1-12-16(17(25)29-20(28-12)21(22,23)24)5-4-14-6-8-31(9-7-14)19(33)13(2)27-18(32)15-10-26-30(3)11-15/h10-11,13-14H,4-9H2,1-3H3,(H,27,32)(H2,25,28,29)/t13-/m0/s1. The quantitative estimate of drug-likeness (QED) is 0.672. The van der Waals surface area contributed by atoms with Gasteiger partial charge in [0.05, 0.1) is 11.8 Å². The first kappa shape index (κ1) is 24.5. The number of alkyl halides is 3. The Hall–Kier alpha value is -3.18. The van der Waals surface area contributed by atoms with Crippen LogP contribution in [0.2, 0.25) is 0 Å². The number of amides is 2. The number of carbonyl (C=O) groups excluding carboxylic acids is 2. The van der Waals surface area contributed by atoms with Crippen LogP contribution < -0.4 is 11.1 Å². The molecule has 0 aromatic carbocycles. The molecule has 0 saturated carbocycles. The lowest BCUT2D eigenvalue weighted by atomic mass is 9.90. The van der Waals surface area contributed by atoms with Gasteiger partial charge < -0.3 is 16.0 Å². The molecule has 2 aromatic heterocycles. The van der Waals surface area contributed by atoms with E-state index in [0.717, 1.165) is 19.3 Å². The van der Waals surface area contributed by atoms with Crippen molar-refractivity contribution in [1.29, 1.82) is 0 Å². The van der Waals surface area contributed by atoms with Crippen LogP contribution in [0.1, 0.15) is 53.6 Å². The minimum Gasteiger partial charge on any atom is -0.383 e. The van der Waals surface area contributed by atoms with Gasteiger partial charge in [-0.15, -0.1) is 0 Å². The van der Waals surface area contributed by atoms with Crippen molar-refractivity contribution in [2.45, 2.75) is 51.7 Å². The summed E-state index contributed by atoms with van der Waals surface area (Å²) >= 11 is 0. The zero-order valence-corrected chi connectivity index (χ0v) is 18.8. The third kappa shape index (κ3) is 5.99. The first-order chi connectivity index (χ1) is 15.5. The number of aryl methyl sites for hydroxylation is 2. The fourth-order valence-corrected chi connectivity index (χ4v) is 4.00. The molecule has 0 spiro atoms. The van der Waals surface area contributed by atoms with Gasteiger partial charge in [-0.25, -0.2) is 9.97 Å². The number of hydrogen-bond acceptors (Lipinski definition) is 6. The van der Waals surface area contributed by atoms with Crippen LogP contribution >= 0.6 is 0 Å². The molecule has 12 heteroatoms. The van der Waals surface area contributed by atoms with Crippen LogP contribution in [0.15, 0.2) is 12.4 Å². The summed E-state index contributed by atoms with van der Waals surface area (Å²) in [6, 6.07) is -0.666. The van der Waals surface area contributed by atoms with Crippen LogP contribution in [0.5, 0.6) is 0 Å². The molecular formula is C21H28F3N7O2. The van der Waals surface area contributed by atoms with Gasteiger partial charge in [-0.3, -0.25) is 14.3 Å². The largest absolute Gasteiger partial charge is 0.451 e. The lowest BCUT2D eigenvalue weighted by molar-refractivity contribution is -0.145. The highest BCUT2D eigenvalue weighted by Crippen LogP contribution is 2.30. The van der Waals surface area contributed by atoms with Crippen LogP contribution in [-0.2, 0) is 24.4 Å². The number of anilines is 1. The number of nitrogens with one attached hydrogen (secondary N) is 1. The molecule has 180 valence electrons. The molecule has 9 nitrogen and oxygen atoms in total. The fraction of sp³-hybridized carbons (Fsp3) is 0.571. The average molecular weight is 467 g/mol. The first-order valence-electron chi connectivity index (χ1n) is 10.7. The zero-order valence-electron chi connectivity index (χ0n) is 18.8. The number of carbonyl (C=O) groups is 2. The zero-order chi connectivity index (χ0) is 24.3. The van der Waals surface area contributed by atoms with Gasteiger partial charge in [0.15, 0.2) is 0 Å². The molecule has 33 heavy (non-hydrogen) atoms. The van der Waals surface area contributed by atoms with Crippen LogP contribution in [-0.4, -0.2) is 55.6 Å². The summed E-state index contributed by atoms with van der Waals surface area (Å²) < 4.78 is 40.0. The highest BCUT2D eigenvalue weighted by Gasteiger charge is 2.36. The molecule has 0 bridgehead atoms. The minimum atomic E-state index is -4.63. The molecule has 3 rings (SSSR count). The van der Waals surface area contributed by atoms with E-state index in [1.165, 1.54) is 17.8 Å². The van der Waals surface area contributed by atoms with Crippen molar-refractivity contribution >= 4 is 17.6 Å². The molecule has 2 aromatic rings. The molecule has 0 unspecified atom stereocenters. The summed E-state index contributed by atoms with van der Waals surface area (Å²) in [7, 11) is 1.70. The Morgan fingerprint density at radius 3 is 2.48 bits per heavy atom. The van der Waals surface area contributed by atoms with Crippen molar-refractivity contribution in [3.63, 3.8) is 0 Å². The Bertz CT molecular complexity index is 991. The Morgan fingerprint density at radius 2 is 1.94 bits per heavy atom. The molecular weight excluding hydrogens is 439 g/mol. The molecule has 1 atom stereocenters. The summed E-state index contributed by atoms with van der Waals surface area (Å²) in [5.74, 6) is -1.57. The van der Waals surface area contributed by atoms with E-state index in [0.29, 0.717) is 36.6 Å². The van der Waals surface area contributed by atoms with E-state index < -0.39 is 18.0 Å². The monoisotopic (exact) mass is 467 g/mol. The molecule has 1 aliphatic rings. The number of hydrogen-bond donors (Lipinski definition) is 2. The molecule has 2 amide bonds. The van der Waals surface area contributed by atoms with Gasteiger partial charge in [0.2, 0.25) is 11.7 Å². The number of nitrogen functional groups attached to an aromatic ring is 1. The number of piperidine rings is 1. The van der Waals surface area contributed by atoms with Crippen molar-refractivity contribution in [2.24, 2.45) is 13.0 Å². The van der Waals surface area contributed by atoms with E-state index in [1.54, 1.807) is 25.1 Å². The Kier molecular flexibility index (Phi) is 7.23. The molecule has 0 aliphatic carbocycles. The number of aromatic nitrogens is 4. The Labute approximate surface area is 189 Å². The minimum absolute atomic E-state index is 0.138. The number of nitrogens with zero attached hydrogens (tertiary/aromatic N) is 5. The summed E-state index contributed by atoms with van der Waals surface area (Å²) in [4.78, 5) is 33.7. The average Bonchev–Trinajstić information content (AvgIpc) is 3.18. The summed E-state index contributed by atoms with van der Waals surface area (Å²) in [6.07, 6.45) is 1.10. The van der Waals surface area contributed by atoms with Gasteiger partial charge in [0.1, 0.15) is 11.9 Å². The van der Waals surface area contributed by atoms with Crippen molar-refractivity contribution in [2.75, 3.05) is 18.8 Å². The maximum Gasteiger partial charge on any atom is 0.451 e. The topological polar surface area (TPSA) is 119 Å². The Balaban J connectivity index is 1.49. The van der Waals surface area contributed by atoms with E-state index in [-0.39, 0.29) is 23.3 Å². The van der Waals surface area contributed by atoms with Gasteiger partial charge in [-0.1, -0.05) is 0 Å². The van der Waals surface area contributed by atoms with Crippen molar-refractivity contribution in [1.82, 2.24) is 30.0 Å². The van der Waals surface area contributed by atoms with E-state index in [9.17, 15) is 22.8 Å². The van der Waals surface area contributed by atoms with E-state index in [2.05, 4.69) is 20.4 Å². The number of nitrogens with two attached hydrogens (primary N) is 1. The SMILES string of the molecule is Cc1nc(C(F)(F)F)nc(N)c1CCC1CCN(C(=O)[C@H](C)NC(=O)c2cnn(C)c2)CC1. The third-order valence-corrected chi connectivity index (χ3v) is 5.91. The first-order valence-corrected chi connectivity index (χ1v) is 10.7. The van der Waals surface area contributed by atoms with Gasteiger partial charge in [-0.05, 0) is 45.4 Å². The summed E-state index contributed by atoms with van der Waals surface area (Å²) in [6.45, 7) is 4.26. The maximum atomic E-state index is 12.8. The lowest BCUT2D eigenvalue weighted by Crippen LogP contribution is -2.49. The number of rotatable bonds is 6. The maximum absolute atomic E-state index is 12.8. The number of halogens is 3. The second kappa shape index (κ2) is 9.75. The van der Waals surface area contributed by atoms with Crippen LogP contribution in [0.3, 0.4) is 0 Å². The normalized spacial score (nSPS) is 16.0. The third-order valence-electron chi connectivity index (χ3n) is 5.91. The highest BCUT2D eigenvalue weighted by atomic mass is 19.4. The van der Waals surface area contributed by atoms with Crippen molar-refractivity contribution in [3.05, 3.63) is 35.0 Å². The molecule has 1 aliphatic heterocycles. The predicted octanol–water partition coefficient (Wildman–Crippen LogP) is 2.11. The van der Waals surface area contributed by atoms with Crippen LogP contribution in [0, 0.1) is 12.8 Å². The second-order valence-corrected chi connectivity index (χ2v) is 8.40. The van der Waals surface area contributed by atoms with E-state index in [1.807, 2.05) is 0 Å². The highest BCUT2D eigenvalue weighted by molar-refractivity contribution is 5.97. The van der Waals surface area contributed by atoms with Crippen LogP contribution in [0.4, 0.5) is 19.0 Å². The van der Waals surface area contributed by atoms with Gasteiger partial charge in [0.25, 0.3) is 5.91 Å². The van der Waals surface area contributed by atoms with Crippen molar-refractivity contribution in [3.8, 4) is 0 Å². The molecule has 3 heterocycles. The summed E-state index contributed by atoms with van der Waals surface area (Å²) in [5, 5.41) is 6.65. The predicted molar refractivity (Wildman–Crippen MR) is 114 cm³/mol.